The molecule has 1 aliphatic heterocycles. The van der Waals surface area contributed by atoms with Crippen LogP contribution in [0.5, 0.6) is 0 Å². The largest absolute Gasteiger partial charge is 0.481 e. The lowest BCUT2D eigenvalue weighted by atomic mass is 10.0. The van der Waals surface area contributed by atoms with Gasteiger partial charge in [-0.1, -0.05) is 13.8 Å². The molecule has 20 heteroatoms. The van der Waals surface area contributed by atoms with Crippen LogP contribution in [0.1, 0.15) is 59.8 Å². The lowest BCUT2D eigenvalue weighted by Gasteiger charge is -2.30. The number of nitrogens with zero attached hydrogens (tertiary/aromatic N) is 1. The molecule has 1 saturated heterocycles. The molecule has 20 nitrogen and oxygen atoms in total. The number of nitrogens with one attached hydrogen (secondary N) is 6. The fraction of sp³-hybridized carbons (Fsp3) is 0.667. The molecule has 1 aliphatic rings. The summed E-state index contributed by atoms with van der Waals surface area (Å²) in [6, 6.07) is -9.14. The maximum absolute atomic E-state index is 13.5. The van der Waals surface area contributed by atoms with Gasteiger partial charge < -0.3 is 58.7 Å². The molecule has 0 radical (unpaired) electrons. The zero-order valence-corrected chi connectivity index (χ0v) is 26.6. The number of rotatable bonds is 11. The van der Waals surface area contributed by atoms with Gasteiger partial charge in [0.2, 0.25) is 35.4 Å². The zero-order valence-electron chi connectivity index (χ0n) is 26.6. The minimum Gasteiger partial charge on any atom is -0.481 e. The van der Waals surface area contributed by atoms with Gasteiger partial charge in [0.1, 0.15) is 36.3 Å². The topological polar surface area (TPSA) is 334 Å². The fourth-order valence-electron chi connectivity index (χ4n) is 4.34. The van der Waals surface area contributed by atoms with Gasteiger partial charge in [-0.25, -0.2) is 0 Å². The molecular weight excluding hydrogens is 626 g/mol. The van der Waals surface area contributed by atoms with Crippen LogP contribution in [0.4, 0.5) is 0 Å². The Morgan fingerprint density at radius 1 is 0.702 bits per heavy atom. The SMILES string of the molecule is CC(C)[C@@H]1NC(=O)[C@H](CCCN=C(N)N)NC(=O)[C@H]([C@@H](C)O)NC(=O)[C@H](CCC(=O)O)NC(=O)[C@H](C)NC(=O)[C@H](CC(=O)O)NC1=O. The second-order valence-corrected chi connectivity index (χ2v) is 11.4. The summed E-state index contributed by atoms with van der Waals surface area (Å²) in [6.07, 6.45) is -3.48. The maximum atomic E-state index is 13.5. The minimum atomic E-state index is -1.71. The third-order valence-electron chi connectivity index (χ3n) is 6.93. The highest BCUT2D eigenvalue weighted by atomic mass is 16.4. The van der Waals surface area contributed by atoms with Crippen molar-refractivity contribution in [2.45, 2.75) is 102 Å². The Hall–Kier alpha value is -5.01. The van der Waals surface area contributed by atoms with E-state index in [1.54, 1.807) is 13.8 Å². The number of hydrogen-bond donors (Lipinski definition) is 11. The lowest BCUT2D eigenvalue weighted by molar-refractivity contribution is -0.142. The Kier molecular flexibility index (Phi) is 16.0. The molecule has 0 unspecified atom stereocenters. The molecule has 1 fully saturated rings. The second kappa shape index (κ2) is 18.8. The summed E-state index contributed by atoms with van der Waals surface area (Å²) in [5, 5.41) is 42.8. The molecule has 0 bridgehead atoms. The summed E-state index contributed by atoms with van der Waals surface area (Å²) in [5.41, 5.74) is 10.7. The maximum Gasteiger partial charge on any atom is 0.305 e. The van der Waals surface area contributed by atoms with E-state index in [0.29, 0.717) is 0 Å². The van der Waals surface area contributed by atoms with Crippen molar-refractivity contribution in [3.05, 3.63) is 0 Å². The predicted octanol–water partition coefficient (Wildman–Crippen LogP) is -4.64. The van der Waals surface area contributed by atoms with E-state index in [4.69, 9.17) is 16.6 Å². The number of guanidine groups is 1. The van der Waals surface area contributed by atoms with Crippen LogP contribution >= 0.6 is 0 Å². The number of carbonyl (C=O) groups is 8. The fourth-order valence-corrected chi connectivity index (χ4v) is 4.34. The first kappa shape index (κ1) is 40.0. The molecule has 7 atom stereocenters. The van der Waals surface area contributed by atoms with E-state index in [1.165, 1.54) is 13.8 Å². The number of aliphatic imine (C=N–C) groups is 1. The summed E-state index contributed by atoms with van der Waals surface area (Å²) < 4.78 is 0. The van der Waals surface area contributed by atoms with Crippen molar-refractivity contribution in [1.82, 2.24) is 31.9 Å². The average molecular weight is 672 g/mol. The number of hydrogen-bond acceptors (Lipinski definition) is 10. The third-order valence-corrected chi connectivity index (χ3v) is 6.93. The molecule has 264 valence electrons. The normalized spacial score (nSPS) is 25.8. The molecular formula is C27H45N9O11. The highest BCUT2D eigenvalue weighted by Gasteiger charge is 2.36. The van der Waals surface area contributed by atoms with Crippen molar-refractivity contribution in [2.24, 2.45) is 22.4 Å². The first-order valence-corrected chi connectivity index (χ1v) is 14.8. The molecule has 6 amide bonds. The van der Waals surface area contributed by atoms with Crippen molar-refractivity contribution in [2.75, 3.05) is 6.54 Å². The van der Waals surface area contributed by atoms with Crippen LogP contribution in [0.25, 0.3) is 0 Å². The van der Waals surface area contributed by atoms with Crippen LogP contribution in [0, 0.1) is 5.92 Å². The predicted molar refractivity (Wildman–Crippen MR) is 163 cm³/mol. The van der Waals surface area contributed by atoms with Crippen LogP contribution < -0.4 is 43.4 Å². The standard InChI is InChI=1S/C27H45N9O11/c1-11(2)19-25(46)34-16(10-18(40)41)24(45)31-12(3)21(42)32-15(7-8-17(38)39)23(44)36-20(13(4)37)26(47)33-14(22(43)35-19)6-5-9-30-27(28)29/h11-16,19-20,37H,5-10H2,1-4H3,(H,31,45)(H,32,42)(H,33,47)(H,34,46)(H,35,43)(H,36,44)(H,38,39)(H,40,41)(H4,28,29,30)/t12-,13+,14-,15-,16-,19-,20-/m0/s1. The summed E-state index contributed by atoms with van der Waals surface area (Å²) in [4.78, 5) is 106. The van der Waals surface area contributed by atoms with E-state index < -0.39 is 115 Å². The number of aliphatic carboxylic acids is 2. The van der Waals surface area contributed by atoms with Gasteiger partial charge in [0.05, 0.1) is 12.5 Å². The number of carboxylic acids is 2. The third kappa shape index (κ3) is 13.9. The van der Waals surface area contributed by atoms with E-state index in [0.717, 1.165) is 0 Å². The zero-order chi connectivity index (χ0) is 36.0. The molecule has 0 aromatic carbocycles. The van der Waals surface area contributed by atoms with E-state index in [-0.39, 0.29) is 25.3 Å². The van der Waals surface area contributed by atoms with Gasteiger partial charge in [0.15, 0.2) is 5.96 Å². The Morgan fingerprint density at radius 2 is 1.19 bits per heavy atom. The van der Waals surface area contributed by atoms with Gasteiger partial charge in [-0.3, -0.25) is 43.3 Å². The van der Waals surface area contributed by atoms with Crippen molar-refractivity contribution < 1.29 is 53.7 Å². The van der Waals surface area contributed by atoms with Crippen LogP contribution in [0.3, 0.4) is 0 Å². The first-order chi connectivity index (χ1) is 21.8. The minimum absolute atomic E-state index is 0.0437. The Balaban J connectivity index is 3.64. The van der Waals surface area contributed by atoms with Crippen molar-refractivity contribution in [1.29, 1.82) is 0 Å². The second-order valence-electron chi connectivity index (χ2n) is 11.4. The van der Waals surface area contributed by atoms with Crippen molar-refractivity contribution in [3.8, 4) is 0 Å². The molecule has 0 aromatic heterocycles. The number of amides is 6. The average Bonchev–Trinajstić information content (AvgIpc) is 2.95. The van der Waals surface area contributed by atoms with Crippen LogP contribution in [0.2, 0.25) is 0 Å². The molecule has 47 heavy (non-hydrogen) atoms. The summed E-state index contributed by atoms with van der Waals surface area (Å²) >= 11 is 0. The van der Waals surface area contributed by atoms with Gasteiger partial charge in [0, 0.05) is 13.0 Å². The van der Waals surface area contributed by atoms with Crippen molar-refractivity contribution in [3.63, 3.8) is 0 Å². The number of carbonyl (C=O) groups excluding carboxylic acids is 6. The molecule has 1 heterocycles. The molecule has 0 aromatic rings. The number of carboxylic acid groups (broad SMARTS) is 2. The van der Waals surface area contributed by atoms with Gasteiger partial charge in [0.25, 0.3) is 0 Å². The molecule has 0 spiro atoms. The van der Waals surface area contributed by atoms with Crippen LogP contribution in [-0.2, 0) is 38.4 Å². The van der Waals surface area contributed by atoms with E-state index in [2.05, 4.69) is 36.9 Å². The number of aliphatic hydroxyl groups excluding tert-OH is 1. The molecule has 0 saturated carbocycles. The number of nitrogens with two attached hydrogens (primary N) is 2. The van der Waals surface area contributed by atoms with E-state index in [9.17, 15) is 48.6 Å². The first-order valence-electron chi connectivity index (χ1n) is 14.8. The summed E-state index contributed by atoms with van der Waals surface area (Å²) in [7, 11) is 0. The van der Waals surface area contributed by atoms with E-state index >= 15 is 0 Å². The molecule has 1 rings (SSSR count). The smallest absolute Gasteiger partial charge is 0.305 e. The van der Waals surface area contributed by atoms with Gasteiger partial charge in [-0.2, -0.15) is 0 Å². The summed E-state index contributed by atoms with van der Waals surface area (Å²) in [5.74, 6) is -9.63. The Morgan fingerprint density at radius 3 is 1.70 bits per heavy atom. The van der Waals surface area contributed by atoms with E-state index in [1.807, 2.05) is 0 Å². The van der Waals surface area contributed by atoms with Crippen LogP contribution in [-0.4, -0.2) is 118 Å². The van der Waals surface area contributed by atoms with Gasteiger partial charge in [-0.05, 0) is 39.0 Å². The lowest BCUT2D eigenvalue weighted by Crippen LogP contribution is -2.63. The van der Waals surface area contributed by atoms with Gasteiger partial charge >= 0.3 is 11.9 Å². The van der Waals surface area contributed by atoms with Crippen molar-refractivity contribution >= 4 is 53.3 Å². The Labute approximate surface area is 270 Å². The van der Waals surface area contributed by atoms with Crippen LogP contribution in [0.15, 0.2) is 4.99 Å². The molecule has 13 N–H and O–H groups in total. The molecule has 0 aliphatic carbocycles. The Bertz CT molecular complexity index is 1220. The number of aliphatic hydroxyl groups is 1. The monoisotopic (exact) mass is 671 g/mol. The highest BCUT2D eigenvalue weighted by Crippen LogP contribution is 2.09. The quantitative estimate of drug-likeness (QED) is 0.0560. The highest BCUT2D eigenvalue weighted by molar-refractivity contribution is 5.99. The van der Waals surface area contributed by atoms with Gasteiger partial charge in [-0.15, -0.1) is 0 Å². The summed E-state index contributed by atoms with van der Waals surface area (Å²) in [6.45, 7) is 5.51.